The van der Waals surface area contributed by atoms with Crippen LogP contribution in [-0.4, -0.2) is 50.3 Å². The van der Waals surface area contributed by atoms with E-state index in [1.54, 1.807) is 7.11 Å². The quantitative estimate of drug-likeness (QED) is 0.909. The van der Waals surface area contributed by atoms with Gasteiger partial charge in [-0.2, -0.15) is 0 Å². The maximum absolute atomic E-state index is 13.6. The number of amides is 1. The van der Waals surface area contributed by atoms with Crippen molar-refractivity contribution >= 4 is 5.91 Å². The summed E-state index contributed by atoms with van der Waals surface area (Å²) in [5, 5.41) is 0. The van der Waals surface area contributed by atoms with Crippen molar-refractivity contribution in [3.8, 4) is 5.75 Å². The molecule has 0 spiro atoms. The number of benzene rings is 1. The van der Waals surface area contributed by atoms with Crippen molar-refractivity contribution in [2.75, 3.05) is 33.4 Å². The van der Waals surface area contributed by atoms with Crippen molar-refractivity contribution in [3.63, 3.8) is 0 Å². The smallest absolute Gasteiger partial charge is 0.233 e. The molecule has 25 heavy (non-hydrogen) atoms. The fourth-order valence-corrected chi connectivity index (χ4v) is 4.25. The minimum atomic E-state index is -0.426. The summed E-state index contributed by atoms with van der Waals surface area (Å²) < 4.78 is 11.3. The predicted molar refractivity (Wildman–Crippen MR) is 97.9 cm³/mol. The van der Waals surface area contributed by atoms with Gasteiger partial charge in [-0.05, 0) is 43.4 Å². The summed E-state index contributed by atoms with van der Waals surface area (Å²) in [6.07, 6.45) is 4.80. The molecule has 0 radical (unpaired) electrons. The summed E-state index contributed by atoms with van der Waals surface area (Å²) in [6.45, 7) is 4.51. The normalized spacial score (nSPS) is 23.3. The molecular formula is C20H30N2O3. The average molecular weight is 346 g/mol. The van der Waals surface area contributed by atoms with E-state index in [0.717, 1.165) is 55.5 Å². The molecule has 1 saturated heterocycles. The number of rotatable bonds is 4. The van der Waals surface area contributed by atoms with Crippen molar-refractivity contribution in [2.24, 2.45) is 5.73 Å². The summed E-state index contributed by atoms with van der Waals surface area (Å²) in [7, 11) is 1.69. The van der Waals surface area contributed by atoms with Crippen LogP contribution in [0.5, 0.6) is 5.75 Å². The third-order valence-corrected chi connectivity index (χ3v) is 5.73. The van der Waals surface area contributed by atoms with Crippen molar-refractivity contribution in [1.82, 2.24) is 4.90 Å². The van der Waals surface area contributed by atoms with Crippen LogP contribution in [0.4, 0.5) is 0 Å². The summed E-state index contributed by atoms with van der Waals surface area (Å²) in [5.41, 5.74) is 7.57. The second-order valence-corrected chi connectivity index (χ2v) is 7.31. The molecule has 2 N–H and O–H groups in total. The fraction of sp³-hybridized carbons (Fsp3) is 0.650. The highest BCUT2D eigenvalue weighted by molar-refractivity contribution is 5.89. The fourth-order valence-electron chi connectivity index (χ4n) is 4.25. The molecule has 1 atom stereocenters. The number of hydrogen-bond donors (Lipinski definition) is 1. The highest BCUT2D eigenvalue weighted by atomic mass is 16.5. The standard InChI is InChI=1S/C20H30N2O3/c1-15-6-7-16(12-18(15)24-2)20(8-3-4-9-20)19(23)22-10-5-11-25-17(13-21)14-22/h6-7,12,17H,3-5,8-11,13-14,21H2,1-2H3. The number of nitrogens with zero attached hydrogens (tertiary/aromatic N) is 1. The van der Waals surface area contributed by atoms with Gasteiger partial charge >= 0.3 is 0 Å². The molecule has 5 heteroatoms. The van der Waals surface area contributed by atoms with Crippen molar-refractivity contribution in [2.45, 2.75) is 50.5 Å². The van der Waals surface area contributed by atoms with Gasteiger partial charge in [0.25, 0.3) is 0 Å². The molecular weight excluding hydrogens is 316 g/mol. The third kappa shape index (κ3) is 3.53. The Hall–Kier alpha value is -1.59. The van der Waals surface area contributed by atoms with E-state index in [4.69, 9.17) is 15.2 Å². The average Bonchev–Trinajstić information content (AvgIpc) is 3.01. The number of ether oxygens (including phenoxy) is 2. The number of carbonyl (C=O) groups is 1. The predicted octanol–water partition coefficient (Wildman–Crippen LogP) is 2.39. The number of methoxy groups -OCH3 is 1. The Bertz CT molecular complexity index is 611. The van der Waals surface area contributed by atoms with Gasteiger partial charge in [-0.25, -0.2) is 0 Å². The molecule has 1 aromatic rings. The van der Waals surface area contributed by atoms with E-state index in [1.807, 2.05) is 11.8 Å². The summed E-state index contributed by atoms with van der Waals surface area (Å²) >= 11 is 0. The number of hydrogen-bond acceptors (Lipinski definition) is 4. The summed E-state index contributed by atoms with van der Waals surface area (Å²) in [4.78, 5) is 15.6. The first-order valence-electron chi connectivity index (χ1n) is 9.37. The zero-order valence-corrected chi connectivity index (χ0v) is 15.4. The Balaban J connectivity index is 1.93. The topological polar surface area (TPSA) is 64.8 Å². The molecule has 1 amide bonds. The Labute approximate surface area is 150 Å². The molecule has 1 aromatic carbocycles. The SMILES string of the molecule is COc1cc(C2(C(=O)N3CCCOC(CN)C3)CCCC2)ccc1C. The monoisotopic (exact) mass is 346 g/mol. The van der Waals surface area contributed by atoms with Gasteiger partial charge in [-0.15, -0.1) is 0 Å². The Morgan fingerprint density at radius 3 is 2.80 bits per heavy atom. The highest BCUT2D eigenvalue weighted by Gasteiger charge is 2.45. The van der Waals surface area contributed by atoms with E-state index >= 15 is 0 Å². The van der Waals surface area contributed by atoms with Gasteiger partial charge in [-0.1, -0.05) is 25.0 Å². The molecule has 2 aliphatic rings. The maximum atomic E-state index is 13.6. The zero-order valence-electron chi connectivity index (χ0n) is 15.4. The minimum absolute atomic E-state index is 0.0579. The molecule has 1 aliphatic heterocycles. The van der Waals surface area contributed by atoms with Crippen LogP contribution in [0.2, 0.25) is 0 Å². The van der Waals surface area contributed by atoms with E-state index < -0.39 is 5.41 Å². The van der Waals surface area contributed by atoms with Gasteiger partial charge in [0.2, 0.25) is 5.91 Å². The lowest BCUT2D eigenvalue weighted by Crippen LogP contribution is -2.48. The van der Waals surface area contributed by atoms with Crippen LogP contribution in [0.15, 0.2) is 18.2 Å². The van der Waals surface area contributed by atoms with Crippen LogP contribution in [-0.2, 0) is 14.9 Å². The van der Waals surface area contributed by atoms with E-state index in [-0.39, 0.29) is 12.0 Å². The Morgan fingerprint density at radius 1 is 1.36 bits per heavy atom. The lowest BCUT2D eigenvalue weighted by atomic mass is 9.77. The lowest BCUT2D eigenvalue weighted by molar-refractivity contribution is -0.138. The van der Waals surface area contributed by atoms with E-state index in [9.17, 15) is 4.79 Å². The lowest BCUT2D eigenvalue weighted by Gasteiger charge is -2.35. The summed E-state index contributed by atoms with van der Waals surface area (Å²) in [6, 6.07) is 6.23. The second kappa shape index (κ2) is 7.75. The molecule has 1 unspecified atom stereocenters. The van der Waals surface area contributed by atoms with Crippen LogP contribution < -0.4 is 10.5 Å². The molecule has 1 aliphatic carbocycles. The molecule has 1 heterocycles. The maximum Gasteiger partial charge on any atom is 0.233 e. The largest absolute Gasteiger partial charge is 0.496 e. The van der Waals surface area contributed by atoms with E-state index in [1.165, 1.54) is 0 Å². The Morgan fingerprint density at radius 2 is 2.12 bits per heavy atom. The molecule has 5 nitrogen and oxygen atoms in total. The first kappa shape index (κ1) is 18.2. The molecule has 1 saturated carbocycles. The van der Waals surface area contributed by atoms with Gasteiger partial charge in [0.1, 0.15) is 5.75 Å². The Kier molecular flexibility index (Phi) is 5.64. The third-order valence-electron chi connectivity index (χ3n) is 5.73. The molecule has 0 aromatic heterocycles. The van der Waals surface area contributed by atoms with Crippen LogP contribution in [0.25, 0.3) is 0 Å². The van der Waals surface area contributed by atoms with Crippen LogP contribution >= 0.6 is 0 Å². The van der Waals surface area contributed by atoms with Gasteiger partial charge in [-0.3, -0.25) is 4.79 Å². The second-order valence-electron chi connectivity index (χ2n) is 7.31. The van der Waals surface area contributed by atoms with Crippen molar-refractivity contribution in [1.29, 1.82) is 0 Å². The van der Waals surface area contributed by atoms with Crippen LogP contribution in [0.1, 0.15) is 43.2 Å². The van der Waals surface area contributed by atoms with Crippen LogP contribution in [0.3, 0.4) is 0 Å². The van der Waals surface area contributed by atoms with Crippen molar-refractivity contribution in [3.05, 3.63) is 29.3 Å². The van der Waals surface area contributed by atoms with Gasteiger partial charge in [0.05, 0.1) is 18.6 Å². The van der Waals surface area contributed by atoms with Crippen molar-refractivity contribution < 1.29 is 14.3 Å². The molecule has 2 fully saturated rings. The number of aryl methyl sites for hydroxylation is 1. The van der Waals surface area contributed by atoms with Gasteiger partial charge in [0, 0.05) is 26.2 Å². The van der Waals surface area contributed by atoms with Crippen LogP contribution in [0, 0.1) is 6.92 Å². The van der Waals surface area contributed by atoms with E-state index in [0.29, 0.717) is 19.7 Å². The highest BCUT2D eigenvalue weighted by Crippen LogP contribution is 2.44. The minimum Gasteiger partial charge on any atom is -0.496 e. The first-order chi connectivity index (χ1) is 12.1. The van der Waals surface area contributed by atoms with Gasteiger partial charge < -0.3 is 20.1 Å². The summed E-state index contributed by atoms with van der Waals surface area (Å²) in [5.74, 6) is 1.09. The van der Waals surface area contributed by atoms with Gasteiger partial charge in [0.15, 0.2) is 0 Å². The number of nitrogens with two attached hydrogens (primary N) is 1. The van der Waals surface area contributed by atoms with E-state index in [2.05, 4.69) is 18.2 Å². The number of carbonyl (C=O) groups excluding carboxylic acids is 1. The molecule has 3 rings (SSSR count). The first-order valence-corrected chi connectivity index (χ1v) is 9.37. The zero-order chi connectivity index (χ0) is 17.9. The molecule has 0 bridgehead atoms. The molecule has 138 valence electrons.